The summed E-state index contributed by atoms with van der Waals surface area (Å²) in [7, 11) is 3.23. The summed E-state index contributed by atoms with van der Waals surface area (Å²) in [6.07, 6.45) is 2.44. The van der Waals surface area contributed by atoms with Gasteiger partial charge in [-0.05, 0) is 19.1 Å². The van der Waals surface area contributed by atoms with Crippen LogP contribution in [0.25, 0.3) is 11.3 Å². The third-order valence-corrected chi connectivity index (χ3v) is 3.30. The fourth-order valence-electron chi connectivity index (χ4n) is 2.19. The molecule has 6 nitrogen and oxygen atoms in total. The van der Waals surface area contributed by atoms with Gasteiger partial charge in [0.05, 0.1) is 19.9 Å². The van der Waals surface area contributed by atoms with E-state index in [4.69, 9.17) is 13.9 Å². The molecule has 0 unspecified atom stereocenters. The Hall–Kier alpha value is -2.34. The number of methoxy groups -OCH3 is 2. The molecule has 0 bridgehead atoms. The largest absolute Gasteiger partial charge is 0.497 e. The van der Waals surface area contributed by atoms with Crippen molar-refractivity contribution >= 4 is 5.91 Å². The molecule has 0 aliphatic carbocycles. The van der Waals surface area contributed by atoms with Crippen LogP contribution in [0.4, 0.5) is 0 Å². The van der Waals surface area contributed by atoms with Crippen LogP contribution in [0.1, 0.15) is 19.2 Å². The molecule has 0 saturated carbocycles. The van der Waals surface area contributed by atoms with Crippen molar-refractivity contribution in [3.8, 4) is 17.1 Å². The number of hydrogen-bond donors (Lipinski definition) is 1. The van der Waals surface area contributed by atoms with Gasteiger partial charge in [0, 0.05) is 31.6 Å². The highest BCUT2D eigenvalue weighted by molar-refractivity contribution is 5.76. The number of oxazole rings is 1. The zero-order valence-corrected chi connectivity index (χ0v) is 13.7. The van der Waals surface area contributed by atoms with E-state index in [1.807, 2.05) is 31.2 Å². The highest BCUT2D eigenvalue weighted by atomic mass is 16.5. The van der Waals surface area contributed by atoms with E-state index in [1.165, 1.54) is 0 Å². The second-order valence-corrected chi connectivity index (χ2v) is 5.27. The van der Waals surface area contributed by atoms with Gasteiger partial charge in [0.15, 0.2) is 11.7 Å². The van der Waals surface area contributed by atoms with Gasteiger partial charge >= 0.3 is 0 Å². The number of amides is 1. The average Bonchev–Trinajstić information content (AvgIpc) is 3.02. The first-order valence-electron chi connectivity index (χ1n) is 7.49. The molecule has 0 saturated heterocycles. The number of aryl methyl sites for hydroxylation is 1. The summed E-state index contributed by atoms with van der Waals surface area (Å²) in [4.78, 5) is 16.0. The monoisotopic (exact) mass is 318 g/mol. The van der Waals surface area contributed by atoms with E-state index in [2.05, 4.69) is 10.3 Å². The molecule has 2 aromatic rings. The number of aromatic nitrogens is 1. The lowest BCUT2D eigenvalue weighted by molar-refractivity contribution is -0.122. The predicted octanol–water partition coefficient (Wildman–Crippen LogP) is 2.43. The second-order valence-electron chi connectivity index (χ2n) is 5.27. The number of carbonyl (C=O) groups excluding carboxylic acids is 1. The van der Waals surface area contributed by atoms with Crippen LogP contribution in [0.15, 0.2) is 34.9 Å². The zero-order valence-electron chi connectivity index (χ0n) is 13.7. The molecule has 1 atom stereocenters. The van der Waals surface area contributed by atoms with E-state index < -0.39 is 0 Å². The molecule has 0 radical (unpaired) electrons. The van der Waals surface area contributed by atoms with Crippen molar-refractivity contribution in [1.29, 1.82) is 0 Å². The van der Waals surface area contributed by atoms with Crippen molar-refractivity contribution in [2.24, 2.45) is 0 Å². The Balaban J connectivity index is 1.91. The summed E-state index contributed by atoms with van der Waals surface area (Å²) in [6.45, 7) is 2.39. The normalized spacial score (nSPS) is 12.0. The minimum absolute atomic E-state index is 0.00981. The van der Waals surface area contributed by atoms with E-state index in [0.717, 1.165) is 11.3 Å². The summed E-state index contributed by atoms with van der Waals surface area (Å²) >= 11 is 0. The van der Waals surface area contributed by atoms with Gasteiger partial charge in [-0.3, -0.25) is 4.79 Å². The Kier molecular flexibility index (Phi) is 6.17. The van der Waals surface area contributed by atoms with Gasteiger partial charge in [0.1, 0.15) is 5.75 Å². The summed E-state index contributed by atoms with van der Waals surface area (Å²) in [5.74, 6) is 1.91. The van der Waals surface area contributed by atoms with E-state index >= 15 is 0 Å². The predicted molar refractivity (Wildman–Crippen MR) is 86.3 cm³/mol. The molecule has 6 heteroatoms. The van der Waals surface area contributed by atoms with Gasteiger partial charge in [0.2, 0.25) is 5.91 Å². The lowest BCUT2D eigenvalue weighted by Crippen LogP contribution is -2.35. The highest BCUT2D eigenvalue weighted by Gasteiger charge is 2.11. The summed E-state index contributed by atoms with van der Waals surface area (Å²) in [6, 6.07) is 7.55. The first-order chi connectivity index (χ1) is 11.1. The summed E-state index contributed by atoms with van der Waals surface area (Å²) in [5, 5.41) is 2.85. The lowest BCUT2D eigenvalue weighted by Gasteiger charge is -2.11. The van der Waals surface area contributed by atoms with Crippen LogP contribution in [-0.4, -0.2) is 37.8 Å². The van der Waals surface area contributed by atoms with Gasteiger partial charge in [-0.2, -0.15) is 0 Å². The van der Waals surface area contributed by atoms with E-state index in [1.54, 1.807) is 20.4 Å². The minimum atomic E-state index is -0.0457. The molecule has 1 amide bonds. The van der Waals surface area contributed by atoms with Crippen LogP contribution in [0.3, 0.4) is 0 Å². The van der Waals surface area contributed by atoms with Crippen LogP contribution in [0, 0.1) is 0 Å². The molecule has 1 N–H and O–H groups in total. The molecule has 0 aliphatic rings. The molecule has 124 valence electrons. The van der Waals surface area contributed by atoms with Crippen LogP contribution in [0.2, 0.25) is 0 Å². The molecule has 2 rings (SSSR count). The van der Waals surface area contributed by atoms with Crippen molar-refractivity contribution in [1.82, 2.24) is 10.3 Å². The minimum Gasteiger partial charge on any atom is -0.497 e. The quantitative estimate of drug-likeness (QED) is 0.809. The summed E-state index contributed by atoms with van der Waals surface area (Å²) < 4.78 is 15.9. The smallest absolute Gasteiger partial charge is 0.220 e. The van der Waals surface area contributed by atoms with Crippen LogP contribution >= 0.6 is 0 Å². The van der Waals surface area contributed by atoms with Crippen molar-refractivity contribution in [2.75, 3.05) is 20.8 Å². The maximum absolute atomic E-state index is 11.8. The third kappa shape index (κ3) is 5.10. The molecular formula is C17H22N2O4. The molecule has 0 spiro atoms. The number of ether oxygens (including phenoxy) is 2. The SMILES string of the molecule is COC[C@H](C)NC(=O)CCc1ncc(-c2cccc(OC)c2)o1. The fourth-order valence-corrected chi connectivity index (χ4v) is 2.19. The fraction of sp³-hybridized carbons (Fsp3) is 0.412. The van der Waals surface area contributed by atoms with Crippen LogP contribution in [0.5, 0.6) is 5.75 Å². The highest BCUT2D eigenvalue weighted by Crippen LogP contribution is 2.24. The molecule has 23 heavy (non-hydrogen) atoms. The molecule has 0 aliphatic heterocycles. The van der Waals surface area contributed by atoms with Crippen molar-refractivity contribution < 1.29 is 18.7 Å². The first kappa shape index (κ1) is 17.0. The number of nitrogens with one attached hydrogen (secondary N) is 1. The number of nitrogens with zero attached hydrogens (tertiary/aromatic N) is 1. The van der Waals surface area contributed by atoms with Crippen molar-refractivity contribution in [3.05, 3.63) is 36.4 Å². The summed E-state index contributed by atoms with van der Waals surface area (Å²) in [5.41, 5.74) is 0.890. The number of carbonyl (C=O) groups is 1. The topological polar surface area (TPSA) is 73.6 Å². The first-order valence-corrected chi connectivity index (χ1v) is 7.49. The van der Waals surface area contributed by atoms with Gasteiger partial charge in [-0.25, -0.2) is 4.98 Å². The van der Waals surface area contributed by atoms with Gasteiger partial charge in [0.25, 0.3) is 0 Å². The van der Waals surface area contributed by atoms with Gasteiger partial charge < -0.3 is 19.2 Å². The zero-order chi connectivity index (χ0) is 16.7. The molecule has 1 aromatic heterocycles. The Bertz CT molecular complexity index is 639. The van der Waals surface area contributed by atoms with Gasteiger partial charge in [-0.1, -0.05) is 12.1 Å². The Morgan fingerprint density at radius 1 is 1.39 bits per heavy atom. The van der Waals surface area contributed by atoms with Gasteiger partial charge in [-0.15, -0.1) is 0 Å². The maximum atomic E-state index is 11.8. The number of benzene rings is 1. The average molecular weight is 318 g/mol. The maximum Gasteiger partial charge on any atom is 0.220 e. The van der Waals surface area contributed by atoms with Crippen LogP contribution in [-0.2, 0) is 16.0 Å². The Morgan fingerprint density at radius 3 is 2.96 bits per heavy atom. The van der Waals surface area contributed by atoms with Crippen molar-refractivity contribution in [2.45, 2.75) is 25.8 Å². The molecule has 0 fully saturated rings. The van der Waals surface area contributed by atoms with E-state index in [9.17, 15) is 4.79 Å². The second kappa shape index (κ2) is 8.33. The van der Waals surface area contributed by atoms with Crippen molar-refractivity contribution in [3.63, 3.8) is 0 Å². The number of hydrogen-bond acceptors (Lipinski definition) is 5. The van der Waals surface area contributed by atoms with E-state index in [-0.39, 0.29) is 11.9 Å². The van der Waals surface area contributed by atoms with Crippen LogP contribution < -0.4 is 10.1 Å². The molecule has 1 heterocycles. The van der Waals surface area contributed by atoms with E-state index in [0.29, 0.717) is 31.1 Å². The molecular weight excluding hydrogens is 296 g/mol. The molecule has 1 aromatic carbocycles. The standard InChI is InChI=1S/C17H22N2O4/c1-12(11-21-2)19-16(20)7-8-17-18-10-15(23-17)13-5-4-6-14(9-13)22-3/h4-6,9-10,12H,7-8,11H2,1-3H3,(H,19,20)/t12-/m0/s1. The lowest BCUT2D eigenvalue weighted by atomic mass is 10.2. The Morgan fingerprint density at radius 2 is 2.22 bits per heavy atom. The Labute approximate surface area is 135 Å². The number of rotatable bonds is 8. The third-order valence-electron chi connectivity index (χ3n) is 3.30.